The van der Waals surface area contributed by atoms with Gasteiger partial charge in [0, 0.05) is 0 Å². The van der Waals surface area contributed by atoms with Crippen molar-refractivity contribution in [3.05, 3.63) is 24.3 Å². The van der Waals surface area contributed by atoms with Crippen molar-refractivity contribution < 1.29 is 19.4 Å². The zero-order valence-electron chi connectivity index (χ0n) is 8.46. The van der Waals surface area contributed by atoms with Crippen LogP contribution in [0.5, 0.6) is 0 Å². The molecule has 1 atom stereocenters. The first-order chi connectivity index (χ1) is 7.16. The molecule has 0 aliphatic carbocycles. The first kappa shape index (κ1) is 10.7. The molecule has 1 saturated heterocycles. The Morgan fingerprint density at radius 3 is 2.47 bits per heavy atom. The van der Waals surface area contributed by atoms with E-state index in [0.29, 0.717) is 12.1 Å². The van der Waals surface area contributed by atoms with Crippen molar-refractivity contribution in [3.63, 3.8) is 0 Å². The summed E-state index contributed by atoms with van der Waals surface area (Å²) in [5, 5.41) is 17.8. The predicted molar refractivity (Wildman–Crippen MR) is 58.2 cm³/mol. The van der Waals surface area contributed by atoms with E-state index < -0.39 is 7.12 Å². The summed E-state index contributed by atoms with van der Waals surface area (Å²) in [7, 11) is -1.76. The van der Waals surface area contributed by atoms with Gasteiger partial charge in [-0.15, -0.1) is 0 Å². The Balaban J connectivity index is 2.10. The van der Waals surface area contributed by atoms with Crippen LogP contribution in [-0.4, -0.2) is 37.0 Å². The zero-order valence-corrected chi connectivity index (χ0v) is 8.46. The number of rotatable bonds is 2. The lowest BCUT2D eigenvalue weighted by atomic mass is 9.74. The monoisotopic (exact) mass is 206 g/mol. The van der Waals surface area contributed by atoms with Crippen LogP contribution in [0, 0.1) is 0 Å². The minimum absolute atomic E-state index is 0.109. The van der Waals surface area contributed by atoms with Crippen molar-refractivity contribution in [3.8, 4) is 0 Å². The minimum Gasteiger partial charge on any atom is -0.423 e. The molecular weight excluding hydrogens is 194 g/mol. The Kier molecular flexibility index (Phi) is 3.11. The summed E-state index contributed by atoms with van der Waals surface area (Å²) in [5.41, 5.74) is 1.36. The summed E-state index contributed by atoms with van der Waals surface area (Å²) in [4.78, 5) is 0. The smallest absolute Gasteiger partial charge is 0.423 e. The van der Waals surface area contributed by atoms with Gasteiger partial charge in [-0.2, -0.15) is 0 Å². The molecule has 1 heterocycles. The second-order valence-corrected chi connectivity index (χ2v) is 3.65. The largest absolute Gasteiger partial charge is 0.494 e. The molecule has 1 aliphatic heterocycles. The lowest BCUT2D eigenvalue weighted by Gasteiger charge is -2.06. The van der Waals surface area contributed by atoms with Crippen LogP contribution in [0.15, 0.2) is 24.3 Å². The van der Waals surface area contributed by atoms with E-state index in [0.717, 1.165) is 5.46 Å². The molecule has 78 valence electrons. The topological polar surface area (TPSA) is 58.9 Å². The molecule has 2 N–H and O–H groups in total. The van der Waals surface area contributed by atoms with Gasteiger partial charge in [0.15, 0.2) is 0 Å². The average molecular weight is 206 g/mol. The molecule has 0 spiro atoms. The van der Waals surface area contributed by atoms with Crippen LogP contribution in [0.3, 0.4) is 0 Å². The maximum atomic E-state index is 8.92. The summed E-state index contributed by atoms with van der Waals surface area (Å²) in [6.45, 7) is 2.54. The molecule has 0 saturated carbocycles. The molecule has 6 heteroatoms. The number of benzene rings is 1. The Labute approximate surface area is 89.1 Å². The summed E-state index contributed by atoms with van der Waals surface area (Å²) in [6.07, 6.45) is 0.109. The maximum Gasteiger partial charge on any atom is 0.494 e. The van der Waals surface area contributed by atoms with E-state index in [2.05, 4.69) is 0 Å². The quantitative estimate of drug-likeness (QED) is 0.577. The van der Waals surface area contributed by atoms with Gasteiger partial charge >= 0.3 is 14.2 Å². The van der Waals surface area contributed by atoms with E-state index in [4.69, 9.17) is 19.4 Å². The molecule has 4 nitrogen and oxygen atoms in total. The van der Waals surface area contributed by atoms with Crippen molar-refractivity contribution in [1.29, 1.82) is 0 Å². The molecular formula is C9H12B2O4. The standard InChI is InChI=1S/C9H12B2O4/c1-7-6-14-11(15-7)9-4-2-8(3-5-9)10(12)13/h2-5,7,12-13H,6H2,1H3. The summed E-state index contributed by atoms with van der Waals surface area (Å²) in [6, 6.07) is 6.85. The summed E-state index contributed by atoms with van der Waals surface area (Å²) in [5.74, 6) is 0. The van der Waals surface area contributed by atoms with Gasteiger partial charge in [-0.3, -0.25) is 0 Å². The SMILES string of the molecule is CC1COB(c2ccc(B(O)O)cc2)O1. The third kappa shape index (κ3) is 2.41. The Hall–Kier alpha value is -0.810. The highest BCUT2D eigenvalue weighted by molar-refractivity contribution is 6.62. The Morgan fingerprint density at radius 2 is 2.00 bits per heavy atom. The predicted octanol–water partition coefficient (Wildman–Crippen LogP) is -1.50. The van der Waals surface area contributed by atoms with Crippen LogP contribution in [0.2, 0.25) is 0 Å². The van der Waals surface area contributed by atoms with Crippen LogP contribution in [0.1, 0.15) is 6.92 Å². The highest BCUT2D eigenvalue weighted by Gasteiger charge is 2.30. The van der Waals surface area contributed by atoms with Crippen LogP contribution in [0.25, 0.3) is 0 Å². The first-order valence-electron chi connectivity index (χ1n) is 4.90. The van der Waals surface area contributed by atoms with Crippen LogP contribution in [0.4, 0.5) is 0 Å². The van der Waals surface area contributed by atoms with Gasteiger partial charge in [0.1, 0.15) is 0 Å². The highest BCUT2D eigenvalue weighted by Crippen LogP contribution is 2.06. The van der Waals surface area contributed by atoms with Gasteiger partial charge in [-0.05, 0) is 17.8 Å². The van der Waals surface area contributed by atoms with E-state index in [1.807, 2.05) is 6.92 Å². The molecule has 0 amide bonds. The lowest BCUT2D eigenvalue weighted by Crippen LogP contribution is -2.36. The van der Waals surface area contributed by atoms with Crippen molar-refractivity contribution in [2.45, 2.75) is 13.0 Å². The molecule has 0 radical (unpaired) electrons. The van der Waals surface area contributed by atoms with Crippen molar-refractivity contribution in [2.24, 2.45) is 0 Å². The van der Waals surface area contributed by atoms with Gasteiger partial charge in [0.2, 0.25) is 0 Å². The van der Waals surface area contributed by atoms with E-state index in [1.165, 1.54) is 0 Å². The van der Waals surface area contributed by atoms with Gasteiger partial charge in [-0.25, -0.2) is 0 Å². The van der Waals surface area contributed by atoms with Crippen LogP contribution < -0.4 is 10.9 Å². The van der Waals surface area contributed by atoms with Crippen molar-refractivity contribution in [2.75, 3.05) is 6.61 Å². The second kappa shape index (κ2) is 4.36. The molecule has 1 fully saturated rings. The molecule has 1 aliphatic rings. The molecule has 1 aromatic rings. The maximum absolute atomic E-state index is 8.92. The Bertz CT molecular complexity index is 327. The molecule has 0 bridgehead atoms. The van der Waals surface area contributed by atoms with E-state index >= 15 is 0 Å². The van der Waals surface area contributed by atoms with Gasteiger partial charge < -0.3 is 19.4 Å². The van der Waals surface area contributed by atoms with E-state index in [-0.39, 0.29) is 13.2 Å². The fraction of sp³-hybridized carbons (Fsp3) is 0.333. The van der Waals surface area contributed by atoms with Crippen molar-refractivity contribution in [1.82, 2.24) is 0 Å². The van der Waals surface area contributed by atoms with Crippen molar-refractivity contribution >= 4 is 25.2 Å². The summed E-state index contributed by atoms with van der Waals surface area (Å²) < 4.78 is 10.9. The average Bonchev–Trinajstić information content (AvgIpc) is 2.65. The normalized spacial score (nSPS) is 20.7. The number of hydrogen-bond donors (Lipinski definition) is 2. The fourth-order valence-electron chi connectivity index (χ4n) is 1.51. The molecule has 1 aromatic carbocycles. The minimum atomic E-state index is -1.43. The van der Waals surface area contributed by atoms with Gasteiger partial charge in [-0.1, -0.05) is 24.3 Å². The molecule has 2 rings (SSSR count). The molecule has 0 aromatic heterocycles. The third-order valence-electron chi connectivity index (χ3n) is 2.34. The molecule has 1 unspecified atom stereocenters. The van der Waals surface area contributed by atoms with E-state index in [1.54, 1.807) is 24.3 Å². The van der Waals surface area contributed by atoms with Gasteiger partial charge in [0.25, 0.3) is 0 Å². The lowest BCUT2D eigenvalue weighted by molar-refractivity contribution is 0.258. The highest BCUT2D eigenvalue weighted by atomic mass is 16.6. The third-order valence-corrected chi connectivity index (χ3v) is 2.34. The first-order valence-corrected chi connectivity index (χ1v) is 4.90. The van der Waals surface area contributed by atoms with E-state index in [9.17, 15) is 0 Å². The van der Waals surface area contributed by atoms with Crippen LogP contribution in [-0.2, 0) is 9.31 Å². The van der Waals surface area contributed by atoms with Crippen LogP contribution >= 0.6 is 0 Å². The summed E-state index contributed by atoms with van der Waals surface area (Å²) >= 11 is 0. The van der Waals surface area contributed by atoms with Gasteiger partial charge in [0.05, 0.1) is 12.7 Å². The Morgan fingerprint density at radius 1 is 1.33 bits per heavy atom. The zero-order chi connectivity index (χ0) is 10.8. The number of hydrogen-bond acceptors (Lipinski definition) is 4. The fourth-order valence-corrected chi connectivity index (χ4v) is 1.51. The molecule has 15 heavy (non-hydrogen) atoms. The second-order valence-electron chi connectivity index (χ2n) is 3.65.